The second-order valence-corrected chi connectivity index (χ2v) is 12.1. The number of hydrogen-bond donors (Lipinski definition) is 1. The standard InChI is InChI=1S/C45H35N2/c1-3-30(34-17-14-31-10-8-9-11-33(31)26-34)22-25-44-42-24-21-37-27-36(20-23-41(37)45(42)47(44)40-12-6-5-7-13-40)35-18-15-32-16-19-38(43(46)4-2)29-39(32)28-35/h3-29H,46H2,1-2H3/q+1/b25-22-,30-3+,43-4-. The Morgan fingerprint density at radius 3 is 1.98 bits per heavy atom. The van der Waals surface area contributed by atoms with Gasteiger partial charge in [-0.2, -0.15) is 4.58 Å². The third-order valence-electron chi connectivity index (χ3n) is 9.38. The lowest BCUT2D eigenvalue weighted by Crippen LogP contribution is -2.27. The molecule has 2 heteroatoms. The number of hydrogen-bond acceptors (Lipinski definition) is 1. The van der Waals surface area contributed by atoms with Gasteiger partial charge in [0.15, 0.2) is 0 Å². The Kier molecular flexibility index (Phi) is 7.12. The van der Waals surface area contributed by atoms with Crippen LogP contribution in [0.1, 0.15) is 30.5 Å². The van der Waals surface area contributed by atoms with E-state index in [1.165, 1.54) is 71.5 Å². The first-order valence-electron chi connectivity index (χ1n) is 16.2. The Morgan fingerprint density at radius 1 is 0.553 bits per heavy atom. The van der Waals surface area contributed by atoms with Crippen molar-refractivity contribution in [1.82, 2.24) is 4.58 Å². The van der Waals surface area contributed by atoms with Crippen molar-refractivity contribution in [1.29, 1.82) is 0 Å². The summed E-state index contributed by atoms with van der Waals surface area (Å²) in [5.41, 5.74) is 17.8. The van der Waals surface area contributed by atoms with Crippen LogP contribution >= 0.6 is 0 Å². The van der Waals surface area contributed by atoms with Gasteiger partial charge in [0.1, 0.15) is 5.56 Å². The summed E-state index contributed by atoms with van der Waals surface area (Å²) in [4.78, 5) is 0. The second-order valence-electron chi connectivity index (χ2n) is 12.1. The topological polar surface area (TPSA) is 29.0 Å². The summed E-state index contributed by atoms with van der Waals surface area (Å²) < 4.78 is 2.39. The minimum Gasteiger partial charge on any atom is -0.399 e. The molecule has 2 nitrogen and oxygen atoms in total. The van der Waals surface area contributed by atoms with Gasteiger partial charge < -0.3 is 5.73 Å². The van der Waals surface area contributed by atoms with Crippen molar-refractivity contribution in [2.75, 3.05) is 0 Å². The van der Waals surface area contributed by atoms with Crippen molar-refractivity contribution in [3.05, 3.63) is 181 Å². The molecule has 0 saturated carbocycles. The molecule has 0 amide bonds. The summed E-state index contributed by atoms with van der Waals surface area (Å²) in [7, 11) is 0. The third kappa shape index (κ3) is 5.05. The van der Waals surface area contributed by atoms with E-state index in [-0.39, 0.29) is 0 Å². The summed E-state index contributed by atoms with van der Waals surface area (Å²) in [5, 5.41) is 7.38. The first kappa shape index (κ1) is 28.5. The van der Waals surface area contributed by atoms with Crippen LogP contribution in [0.15, 0.2) is 164 Å². The highest BCUT2D eigenvalue weighted by atomic mass is 15.1. The van der Waals surface area contributed by atoms with Crippen molar-refractivity contribution < 1.29 is 0 Å². The molecule has 0 radical (unpaired) electrons. The Bertz CT molecular complexity index is 2470. The zero-order valence-corrected chi connectivity index (χ0v) is 26.6. The molecule has 0 aliphatic carbocycles. The molecule has 1 aliphatic heterocycles. The lowest BCUT2D eigenvalue weighted by Gasteiger charge is -2.20. The zero-order valence-electron chi connectivity index (χ0n) is 26.6. The van der Waals surface area contributed by atoms with E-state index in [2.05, 4.69) is 169 Å². The monoisotopic (exact) mass is 603 g/mol. The molecule has 47 heavy (non-hydrogen) atoms. The van der Waals surface area contributed by atoms with E-state index < -0.39 is 0 Å². The molecule has 8 rings (SSSR count). The van der Waals surface area contributed by atoms with Crippen LogP contribution in [0.2, 0.25) is 0 Å². The van der Waals surface area contributed by atoms with Crippen molar-refractivity contribution in [3.63, 3.8) is 0 Å². The molecule has 224 valence electrons. The van der Waals surface area contributed by atoms with Gasteiger partial charge in [0.25, 0.3) is 0 Å². The molecule has 0 unspecified atom stereocenters. The molecule has 7 aromatic carbocycles. The lowest BCUT2D eigenvalue weighted by molar-refractivity contribution is 1.05. The molecule has 0 aromatic heterocycles. The van der Waals surface area contributed by atoms with Gasteiger partial charge in [-0.05, 0) is 111 Å². The van der Waals surface area contributed by atoms with Gasteiger partial charge in [0, 0.05) is 23.9 Å². The number of nitrogens with zero attached hydrogens (tertiary/aromatic N) is 1. The fraction of sp³-hybridized carbons (Fsp3) is 0.0444. The van der Waals surface area contributed by atoms with E-state index in [0.717, 1.165) is 16.9 Å². The van der Waals surface area contributed by atoms with Crippen LogP contribution in [0.5, 0.6) is 0 Å². The minimum atomic E-state index is 0.797. The first-order valence-corrected chi connectivity index (χ1v) is 16.2. The molecule has 0 spiro atoms. The van der Waals surface area contributed by atoms with Gasteiger partial charge in [-0.3, -0.25) is 0 Å². The highest BCUT2D eigenvalue weighted by Gasteiger charge is 2.37. The zero-order chi connectivity index (χ0) is 31.9. The normalized spacial score (nSPS) is 13.5. The number of rotatable bonds is 6. The Hall–Kier alpha value is -5.99. The molecule has 0 bridgehead atoms. The average Bonchev–Trinajstić information content (AvgIpc) is 3.12. The number of fused-ring (bicyclic) bond motifs is 5. The predicted octanol–water partition coefficient (Wildman–Crippen LogP) is 11.4. The highest BCUT2D eigenvalue weighted by Crippen LogP contribution is 2.41. The summed E-state index contributed by atoms with van der Waals surface area (Å²) in [6, 6.07) is 50.4. The largest absolute Gasteiger partial charge is 0.399 e. The van der Waals surface area contributed by atoms with Crippen molar-refractivity contribution >= 4 is 60.7 Å². The fourth-order valence-electron chi connectivity index (χ4n) is 6.81. The Labute approximate surface area is 275 Å². The maximum atomic E-state index is 6.23. The van der Waals surface area contributed by atoms with E-state index >= 15 is 0 Å². The third-order valence-corrected chi connectivity index (χ3v) is 9.38. The Morgan fingerprint density at radius 2 is 1.19 bits per heavy atom. The van der Waals surface area contributed by atoms with Gasteiger partial charge in [-0.1, -0.05) is 103 Å². The number of nitrogens with two attached hydrogens (primary N) is 1. The van der Waals surface area contributed by atoms with E-state index in [9.17, 15) is 0 Å². The van der Waals surface area contributed by atoms with Gasteiger partial charge in [0.2, 0.25) is 17.1 Å². The van der Waals surface area contributed by atoms with Gasteiger partial charge in [0.05, 0.1) is 5.39 Å². The molecular weight excluding hydrogens is 569 g/mol. The van der Waals surface area contributed by atoms with Crippen molar-refractivity contribution in [2.24, 2.45) is 5.73 Å². The van der Waals surface area contributed by atoms with E-state index in [1.807, 2.05) is 13.0 Å². The molecular formula is C45H35N2+. The van der Waals surface area contributed by atoms with Crippen LogP contribution in [0, 0.1) is 0 Å². The maximum Gasteiger partial charge on any atom is 0.233 e. The van der Waals surface area contributed by atoms with E-state index in [4.69, 9.17) is 5.73 Å². The smallest absolute Gasteiger partial charge is 0.233 e. The lowest BCUT2D eigenvalue weighted by atomic mass is 9.90. The number of para-hydroxylation sites is 1. The second kappa shape index (κ2) is 11.7. The Balaban J connectivity index is 1.19. The van der Waals surface area contributed by atoms with Crippen LogP contribution in [-0.2, 0) is 0 Å². The molecule has 0 atom stereocenters. The SMILES string of the molecule is C/C=C(\N)c1ccc2ccc(-c3ccc4c5c(ccc4c3)C(/C=C\C(=C/C)c3ccc4ccccc4c3)=[N+]5c3ccccc3)cc2c1. The van der Waals surface area contributed by atoms with Gasteiger partial charge >= 0.3 is 0 Å². The van der Waals surface area contributed by atoms with Crippen LogP contribution in [0.25, 0.3) is 54.7 Å². The quantitative estimate of drug-likeness (QED) is 0.149. The van der Waals surface area contributed by atoms with Crippen LogP contribution in [0.4, 0.5) is 11.4 Å². The molecule has 0 fully saturated rings. The van der Waals surface area contributed by atoms with Crippen LogP contribution in [0.3, 0.4) is 0 Å². The minimum absolute atomic E-state index is 0.797. The number of benzene rings is 7. The predicted molar refractivity (Wildman–Crippen MR) is 203 cm³/mol. The van der Waals surface area contributed by atoms with Gasteiger partial charge in [-0.15, -0.1) is 0 Å². The molecule has 2 N–H and O–H groups in total. The molecule has 7 aromatic rings. The molecule has 1 aliphatic rings. The number of allylic oxidation sites excluding steroid dienone is 5. The average molecular weight is 604 g/mol. The summed E-state index contributed by atoms with van der Waals surface area (Å²) >= 11 is 0. The highest BCUT2D eigenvalue weighted by molar-refractivity contribution is 6.25. The molecule has 1 heterocycles. The maximum absolute atomic E-state index is 6.23. The molecule has 0 saturated heterocycles. The summed E-state index contributed by atoms with van der Waals surface area (Å²) in [6.45, 7) is 4.08. The first-order chi connectivity index (χ1) is 23.1. The van der Waals surface area contributed by atoms with E-state index in [1.54, 1.807) is 0 Å². The summed E-state index contributed by atoms with van der Waals surface area (Å²) in [6.07, 6.45) is 8.66. The summed E-state index contributed by atoms with van der Waals surface area (Å²) in [5.74, 6) is 0. The van der Waals surface area contributed by atoms with Crippen molar-refractivity contribution in [3.8, 4) is 11.1 Å². The van der Waals surface area contributed by atoms with Crippen LogP contribution < -0.4 is 10.3 Å². The fourth-order valence-corrected chi connectivity index (χ4v) is 6.81. The van der Waals surface area contributed by atoms with Crippen LogP contribution in [-0.4, -0.2) is 5.71 Å². The van der Waals surface area contributed by atoms with Gasteiger partial charge in [-0.25, -0.2) is 0 Å². The van der Waals surface area contributed by atoms with E-state index in [0.29, 0.717) is 0 Å². The van der Waals surface area contributed by atoms with Crippen molar-refractivity contribution in [2.45, 2.75) is 13.8 Å².